The number of ether oxygens (including phenoxy) is 3. The predicted octanol–water partition coefficient (Wildman–Crippen LogP) is 2.06. The van der Waals surface area contributed by atoms with Crippen molar-refractivity contribution in [3.8, 4) is 0 Å². The van der Waals surface area contributed by atoms with Crippen LogP contribution in [-0.2, 0) is 32.5 Å². The number of aromatic amines is 1. The van der Waals surface area contributed by atoms with E-state index in [0.29, 0.717) is 19.8 Å². The van der Waals surface area contributed by atoms with Gasteiger partial charge in [-0.25, -0.2) is 9.55 Å². The van der Waals surface area contributed by atoms with E-state index in [1.165, 1.54) is 0 Å². The molecule has 0 spiro atoms. The molecule has 0 aliphatic carbocycles. The number of unbranched alkanes of at least 4 members (excludes halogenated alkanes) is 1. The number of carbonyl (C=O) groups excluding carboxylic acids is 1. The van der Waals surface area contributed by atoms with Gasteiger partial charge in [0.1, 0.15) is 25.4 Å². The summed E-state index contributed by atoms with van der Waals surface area (Å²) < 4.78 is 56.6. The van der Waals surface area contributed by atoms with Crippen molar-refractivity contribution in [3.63, 3.8) is 0 Å². The molecule has 1 aromatic rings. The number of H-pyrrole nitrogens is 1. The van der Waals surface area contributed by atoms with Gasteiger partial charge in [-0.1, -0.05) is 13.3 Å². The van der Waals surface area contributed by atoms with Gasteiger partial charge in [0, 0.05) is 6.61 Å². The van der Waals surface area contributed by atoms with Gasteiger partial charge in [0.15, 0.2) is 0 Å². The van der Waals surface area contributed by atoms with Crippen LogP contribution in [0.5, 0.6) is 0 Å². The van der Waals surface area contributed by atoms with E-state index < -0.39 is 7.25 Å². The molecule has 0 amide bonds. The van der Waals surface area contributed by atoms with Crippen molar-refractivity contribution >= 4 is 13.2 Å². The third-order valence-corrected chi connectivity index (χ3v) is 2.79. The number of aryl methyl sites for hydroxylation is 1. The molecule has 1 heterocycles. The zero-order valence-electron chi connectivity index (χ0n) is 14.5. The summed E-state index contributed by atoms with van der Waals surface area (Å²) in [4.78, 5) is 14.5. The lowest BCUT2D eigenvalue weighted by atomic mass is 10.3. The lowest BCUT2D eigenvalue weighted by molar-refractivity contribution is -0.677. The molecule has 11 heteroatoms. The topological polar surface area (TPSA) is 64.4 Å². The Labute approximate surface area is 144 Å². The third kappa shape index (κ3) is 17.0. The van der Waals surface area contributed by atoms with E-state index in [-0.39, 0.29) is 19.0 Å². The molecule has 0 atom stereocenters. The molecule has 0 bridgehead atoms. The molecule has 1 N–H and O–H groups in total. The summed E-state index contributed by atoms with van der Waals surface area (Å²) in [6.07, 6.45) is 6.08. The zero-order chi connectivity index (χ0) is 19.1. The second kappa shape index (κ2) is 13.7. The minimum Gasteiger partial charge on any atom is -0.463 e. The van der Waals surface area contributed by atoms with E-state index in [0.717, 1.165) is 25.3 Å². The van der Waals surface area contributed by atoms with Crippen LogP contribution in [0.4, 0.5) is 17.3 Å². The molecule has 1 rings (SSSR count). The van der Waals surface area contributed by atoms with E-state index in [1.54, 1.807) is 6.20 Å². The van der Waals surface area contributed by atoms with Crippen LogP contribution in [0.3, 0.4) is 0 Å². The van der Waals surface area contributed by atoms with Crippen LogP contribution < -0.4 is 4.57 Å². The fraction of sp³-hybridized carbons (Fsp3) is 0.714. The van der Waals surface area contributed by atoms with Gasteiger partial charge in [-0.15, -0.1) is 0 Å². The van der Waals surface area contributed by atoms with Gasteiger partial charge in [0.25, 0.3) is 5.82 Å². The maximum atomic E-state index is 11.5. The van der Waals surface area contributed by atoms with Crippen LogP contribution in [0.15, 0.2) is 12.4 Å². The Morgan fingerprint density at radius 2 is 1.68 bits per heavy atom. The number of rotatable bonds is 11. The van der Waals surface area contributed by atoms with Gasteiger partial charge in [0.2, 0.25) is 0 Å². The molecule has 0 unspecified atom stereocenters. The lowest BCUT2D eigenvalue weighted by Crippen LogP contribution is -2.32. The molecule has 0 aromatic carbocycles. The second-order valence-electron chi connectivity index (χ2n) is 4.99. The summed E-state index contributed by atoms with van der Waals surface area (Å²) >= 11 is 0. The Bertz CT molecular complexity index is 466. The summed E-state index contributed by atoms with van der Waals surface area (Å²) in [5.74, 6) is 0.561. The molecule has 0 aliphatic heterocycles. The van der Waals surface area contributed by atoms with Crippen molar-refractivity contribution in [2.24, 2.45) is 7.05 Å². The second-order valence-corrected chi connectivity index (χ2v) is 4.99. The fourth-order valence-electron chi connectivity index (χ4n) is 1.58. The van der Waals surface area contributed by atoms with Crippen LogP contribution in [0.2, 0.25) is 0 Å². The number of nitrogens with zero attached hydrogens (tertiary/aromatic N) is 1. The molecule has 146 valence electrons. The van der Waals surface area contributed by atoms with Gasteiger partial charge in [-0.05, 0) is 6.42 Å². The number of halogens is 4. The van der Waals surface area contributed by atoms with Gasteiger partial charge in [0.05, 0.1) is 26.9 Å². The first-order valence-corrected chi connectivity index (χ1v) is 7.94. The van der Waals surface area contributed by atoms with E-state index in [4.69, 9.17) is 14.2 Å². The Hall–Kier alpha value is -1.62. The van der Waals surface area contributed by atoms with E-state index in [2.05, 4.69) is 11.9 Å². The maximum absolute atomic E-state index is 11.5. The summed E-state index contributed by atoms with van der Waals surface area (Å²) in [5.41, 5.74) is 0. The Kier molecular flexibility index (Phi) is 12.8. The zero-order valence-corrected chi connectivity index (χ0v) is 14.5. The van der Waals surface area contributed by atoms with Crippen molar-refractivity contribution in [1.29, 1.82) is 0 Å². The monoisotopic (exact) mass is 372 g/mol. The first-order chi connectivity index (χ1) is 11.7. The average Bonchev–Trinajstić information content (AvgIpc) is 2.89. The highest BCUT2D eigenvalue weighted by Crippen LogP contribution is 2.06. The molecular weight excluding hydrogens is 347 g/mol. The summed E-state index contributed by atoms with van der Waals surface area (Å²) in [6.45, 7) is 4.71. The molecule has 25 heavy (non-hydrogen) atoms. The van der Waals surface area contributed by atoms with E-state index in [1.807, 2.05) is 17.8 Å². The number of carbonyl (C=O) groups is 1. The van der Waals surface area contributed by atoms with Crippen LogP contribution in [0.1, 0.15) is 25.6 Å². The molecule has 6 nitrogen and oxygen atoms in total. The van der Waals surface area contributed by atoms with Crippen LogP contribution in [0, 0.1) is 0 Å². The first kappa shape index (κ1) is 23.4. The normalized spacial score (nSPS) is 11.0. The standard InChI is InChI=1S/C14H24N2O4.BF4/c1-3-4-7-18-8-9-19-10-11-20-14(17)12-13-15-5-6-16(13)2;2-1(3,4)5/h5-6H,3-4,7-12H2,1-2H3;/q;-1/p+1. The fourth-order valence-corrected chi connectivity index (χ4v) is 1.58. The average molecular weight is 372 g/mol. The molecule has 1 aromatic heterocycles. The molecule has 0 radical (unpaired) electrons. The van der Waals surface area contributed by atoms with Gasteiger partial charge in [-0.2, -0.15) is 0 Å². The minimum absolute atomic E-state index is 0.240. The van der Waals surface area contributed by atoms with E-state index in [9.17, 15) is 22.1 Å². The van der Waals surface area contributed by atoms with Crippen molar-refractivity contribution in [1.82, 2.24) is 4.98 Å². The molecule has 0 saturated heterocycles. The summed E-state index contributed by atoms with van der Waals surface area (Å²) in [7, 11) is -4.12. The van der Waals surface area contributed by atoms with Crippen molar-refractivity contribution in [2.45, 2.75) is 26.2 Å². The van der Waals surface area contributed by atoms with Crippen LogP contribution in [0.25, 0.3) is 0 Å². The largest absolute Gasteiger partial charge is 0.673 e. The maximum Gasteiger partial charge on any atom is 0.673 e. The highest BCUT2D eigenvalue weighted by atomic mass is 19.5. The van der Waals surface area contributed by atoms with Gasteiger partial charge < -0.3 is 31.5 Å². The number of aromatic nitrogens is 2. The SMILES string of the molecule is CCCCOCCOCCOC(=O)Cc1[nH]cc[n+]1C.F[B-](F)(F)F. The predicted molar refractivity (Wildman–Crippen MR) is 83.4 cm³/mol. The number of esters is 1. The Morgan fingerprint density at radius 1 is 1.12 bits per heavy atom. The highest BCUT2D eigenvalue weighted by molar-refractivity contribution is 6.50. The molecular formula is C14H25BF4N2O4. The number of imidazole rings is 1. The molecule has 0 aliphatic rings. The van der Waals surface area contributed by atoms with E-state index >= 15 is 0 Å². The number of hydrogen-bond acceptors (Lipinski definition) is 4. The van der Waals surface area contributed by atoms with Crippen LogP contribution in [-0.4, -0.2) is 51.2 Å². The van der Waals surface area contributed by atoms with Gasteiger partial charge in [-0.3, -0.25) is 4.79 Å². The summed E-state index contributed by atoms with van der Waals surface area (Å²) in [5, 5.41) is 0. The number of hydrogen-bond donors (Lipinski definition) is 1. The smallest absolute Gasteiger partial charge is 0.463 e. The number of nitrogens with one attached hydrogen (secondary N) is 1. The first-order valence-electron chi connectivity index (χ1n) is 7.94. The lowest BCUT2D eigenvalue weighted by Gasteiger charge is -2.06. The minimum atomic E-state index is -6.00. The Morgan fingerprint density at radius 3 is 2.20 bits per heavy atom. The van der Waals surface area contributed by atoms with Crippen molar-refractivity contribution < 1.29 is 40.8 Å². The quantitative estimate of drug-likeness (QED) is 0.212. The Balaban J connectivity index is 0.00000101. The molecule has 0 saturated carbocycles. The van der Waals surface area contributed by atoms with Crippen molar-refractivity contribution in [3.05, 3.63) is 18.2 Å². The third-order valence-electron chi connectivity index (χ3n) is 2.79. The molecule has 0 fully saturated rings. The van der Waals surface area contributed by atoms with Gasteiger partial charge >= 0.3 is 13.2 Å². The highest BCUT2D eigenvalue weighted by Gasteiger charge is 2.20. The van der Waals surface area contributed by atoms with Crippen molar-refractivity contribution in [2.75, 3.05) is 33.0 Å². The van der Waals surface area contributed by atoms with Crippen LogP contribution >= 0.6 is 0 Å². The summed E-state index contributed by atoms with van der Waals surface area (Å²) in [6, 6.07) is 0.